The number of nitrogens with one attached hydrogen (secondary N) is 1. The molecule has 0 saturated carbocycles. The van der Waals surface area contributed by atoms with Crippen LogP contribution in [0.15, 0.2) is 6.20 Å². The normalized spacial score (nSPS) is 10.9. The van der Waals surface area contributed by atoms with E-state index in [1.54, 1.807) is 22.7 Å². The highest BCUT2D eigenvalue weighted by atomic mass is 32.1. The van der Waals surface area contributed by atoms with Crippen LogP contribution in [-0.4, -0.2) is 28.3 Å². The molecule has 17 heavy (non-hydrogen) atoms. The van der Waals surface area contributed by atoms with Gasteiger partial charge in [-0.2, -0.15) is 0 Å². The lowest BCUT2D eigenvalue weighted by molar-refractivity contribution is 0.669. The minimum absolute atomic E-state index is 0.994. The Labute approximate surface area is 109 Å². The molecular formula is C11H16N4S2. The molecule has 2 rings (SSSR count). The Hall–Kier alpha value is -0.850. The summed E-state index contributed by atoms with van der Waals surface area (Å²) in [6.07, 6.45) is 4.00. The lowest BCUT2D eigenvalue weighted by Crippen LogP contribution is -2.14. The first-order valence-corrected chi connectivity index (χ1v) is 7.38. The standard InChI is InChI=1S/C11H16N4S2/c1-3-12-6-4-5-10-14-15-11(17-10)9-7-13-8(2)16-9/h7,12H,3-6H2,1-2H3. The smallest absolute Gasteiger partial charge is 0.159 e. The minimum atomic E-state index is 0.994. The third kappa shape index (κ3) is 3.55. The van der Waals surface area contributed by atoms with E-state index in [1.807, 2.05) is 13.1 Å². The quantitative estimate of drug-likeness (QED) is 0.818. The molecule has 0 radical (unpaired) electrons. The van der Waals surface area contributed by atoms with Gasteiger partial charge in [-0.25, -0.2) is 4.98 Å². The molecule has 2 heterocycles. The van der Waals surface area contributed by atoms with Crippen LogP contribution in [0.5, 0.6) is 0 Å². The Bertz CT molecular complexity index is 463. The zero-order valence-corrected chi connectivity index (χ0v) is 11.7. The van der Waals surface area contributed by atoms with E-state index in [0.29, 0.717) is 0 Å². The van der Waals surface area contributed by atoms with Crippen molar-refractivity contribution in [2.24, 2.45) is 0 Å². The van der Waals surface area contributed by atoms with Crippen molar-refractivity contribution >= 4 is 22.7 Å². The molecule has 0 atom stereocenters. The second-order valence-electron chi connectivity index (χ2n) is 3.70. The molecule has 0 aliphatic carbocycles. The van der Waals surface area contributed by atoms with Gasteiger partial charge >= 0.3 is 0 Å². The summed E-state index contributed by atoms with van der Waals surface area (Å²) in [5, 5.41) is 14.9. The molecule has 6 heteroatoms. The van der Waals surface area contributed by atoms with Crippen molar-refractivity contribution < 1.29 is 0 Å². The molecule has 0 aliphatic rings. The second kappa shape index (κ2) is 6.18. The molecule has 2 aromatic rings. The van der Waals surface area contributed by atoms with E-state index in [9.17, 15) is 0 Å². The SMILES string of the molecule is CCNCCCc1nnc(-c2cnc(C)s2)s1. The van der Waals surface area contributed by atoms with Gasteiger partial charge in [-0.1, -0.05) is 18.3 Å². The summed E-state index contributed by atoms with van der Waals surface area (Å²) < 4.78 is 0. The zero-order chi connectivity index (χ0) is 12.1. The molecule has 0 fully saturated rings. The van der Waals surface area contributed by atoms with Gasteiger partial charge in [0.05, 0.1) is 9.88 Å². The van der Waals surface area contributed by atoms with Gasteiger partial charge in [0.25, 0.3) is 0 Å². The van der Waals surface area contributed by atoms with Crippen molar-refractivity contribution in [3.05, 3.63) is 16.2 Å². The van der Waals surface area contributed by atoms with E-state index >= 15 is 0 Å². The van der Waals surface area contributed by atoms with Crippen LogP contribution in [0.1, 0.15) is 23.4 Å². The minimum Gasteiger partial charge on any atom is -0.317 e. The Kier molecular flexibility index (Phi) is 4.58. The van der Waals surface area contributed by atoms with Gasteiger partial charge in [-0.15, -0.1) is 21.5 Å². The number of rotatable bonds is 6. The molecule has 1 N–H and O–H groups in total. The van der Waals surface area contributed by atoms with Crippen molar-refractivity contribution in [1.29, 1.82) is 0 Å². The fourth-order valence-corrected chi connectivity index (χ4v) is 3.15. The number of hydrogen-bond acceptors (Lipinski definition) is 6. The average Bonchev–Trinajstić information content (AvgIpc) is 2.93. The van der Waals surface area contributed by atoms with E-state index in [-0.39, 0.29) is 0 Å². The van der Waals surface area contributed by atoms with Crippen LogP contribution in [0.2, 0.25) is 0 Å². The molecule has 0 aromatic carbocycles. The zero-order valence-electron chi connectivity index (χ0n) is 10.1. The van der Waals surface area contributed by atoms with E-state index in [4.69, 9.17) is 0 Å². The molecular weight excluding hydrogens is 252 g/mol. The molecule has 4 nitrogen and oxygen atoms in total. The van der Waals surface area contributed by atoms with Crippen LogP contribution in [0.3, 0.4) is 0 Å². The van der Waals surface area contributed by atoms with Crippen molar-refractivity contribution in [1.82, 2.24) is 20.5 Å². The van der Waals surface area contributed by atoms with Crippen LogP contribution < -0.4 is 5.32 Å². The summed E-state index contributed by atoms with van der Waals surface area (Å²) in [6, 6.07) is 0. The molecule has 0 unspecified atom stereocenters. The topological polar surface area (TPSA) is 50.7 Å². The van der Waals surface area contributed by atoms with Gasteiger partial charge in [-0.05, 0) is 26.4 Å². The largest absolute Gasteiger partial charge is 0.317 e. The van der Waals surface area contributed by atoms with Crippen molar-refractivity contribution in [3.63, 3.8) is 0 Å². The van der Waals surface area contributed by atoms with Crippen LogP contribution in [-0.2, 0) is 6.42 Å². The number of aryl methyl sites for hydroxylation is 2. The number of aromatic nitrogens is 3. The first kappa shape index (κ1) is 12.6. The average molecular weight is 268 g/mol. The maximum atomic E-state index is 4.24. The molecule has 0 saturated heterocycles. The summed E-state index contributed by atoms with van der Waals surface area (Å²) >= 11 is 3.35. The van der Waals surface area contributed by atoms with Gasteiger partial charge in [0.15, 0.2) is 5.01 Å². The molecule has 0 bridgehead atoms. The molecule has 0 spiro atoms. The maximum absolute atomic E-state index is 4.24. The van der Waals surface area contributed by atoms with Gasteiger partial charge in [-0.3, -0.25) is 0 Å². The third-order valence-electron chi connectivity index (χ3n) is 2.29. The Balaban J connectivity index is 1.92. The second-order valence-corrected chi connectivity index (χ2v) is 6.00. The Morgan fingerprint density at radius 3 is 2.88 bits per heavy atom. The Morgan fingerprint density at radius 2 is 2.18 bits per heavy atom. The van der Waals surface area contributed by atoms with E-state index in [1.165, 1.54) is 0 Å². The number of thiazole rings is 1. The van der Waals surface area contributed by atoms with Gasteiger partial charge < -0.3 is 5.32 Å². The number of hydrogen-bond donors (Lipinski definition) is 1. The summed E-state index contributed by atoms with van der Waals surface area (Å²) in [6.45, 7) is 6.20. The fraction of sp³-hybridized carbons (Fsp3) is 0.545. The van der Waals surface area contributed by atoms with Crippen molar-refractivity contribution in [3.8, 4) is 9.88 Å². The third-order valence-corrected chi connectivity index (χ3v) is 4.36. The fourth-order valence-electron chi connectivity index (χ4n) is 1.46. The highest BCUT2D eigenvalue weighted by molar-refractivity contribution is 7.21. The molecule has 92 valence electrons. The predicted octanol–water partition coefficient (Wildman–Crippen LogP) is 2.51. The van der Waals surface area contributed by atoms with Crippen LogP contribution in [0.25, 0.3) is 9.88 Å². The first-order chi connectivity index (χ1) is 8.29. The summed E-state index contributed by atoms with van der Waals surface area (Å²) in [7, 11) is 0. The van der Waals surface area contributed by atoms with E-state index < -0.39 is 0 Å². The van der Waals surface area contributed by atoms with Gasteiger partial charge in [0, 0.05) is 12.6 Å². The summed E-state index contributed by atoms with van der Waals surface area (Å²) in [5.74, 6) is 0. The van der Waals surface area contributed by atoms with Crippen LogP contribution in [0, 0.1) is 6.92 Å². The lowest BCUT2D eigenvalue weighted by atomic mass is 10.3. The first-order valence-electron chi connectivity index (χ1n) is 5.75. The van der Waals surface area contributed by atoms with Crippen LogP contribution in [0.4, 0.5) is 0 Å². The van der Waals surface area contributed by atoms with E-state index in [0.717, 1.165) is 45.8 Å². The predicted molar refractivity (Wildman–Crippen MR) is 72.6 cm³/mol. The lowest BCUT2D eigenvalue weighted by Gasteiger charge is -1.97. The van der Waals surface area contributed by atoms with Gasteiger partial charge in [0.2, 0.25) is 0 Å². The van der Waals surface area contributed by atoms with Crippen molar-refractivity contribution in [2.75, 3.05) is 13.1 Å². The molecule has 0 aliphatic heterocycles. The molecule has 0 amide bonds. The van der Waals surface area contributed by atoms with E-state index in [2.05, 4.69) is 27.4 Å². The highest BCUT2D eigenvalue weighted by Gasteiger charge is 2.08. The highest BCUT2D eigenvalue weighted by Crippen LogP contribution is 2.28. The Morgan fingerprint density at radius 1 is 1.29 bits per heavy atom. The summed E-state index contributed by atoms with van der Waals surface area (Å²) in [4.78, 5) is 5.36. The molecule has 2 aromatic heterocycles. The monoisotopic (exact) mass is 268 g/mol. The number of nitrogens with zero attached hydrogens (tertiary/aromatic N) is 3. The van der Waals surface area contributed by atoms with Gasteiger partial charge in [0.1, 0.15) is 5.01 Å². The van der Waals surface area contributed by atoms with Crippen molar-refractivity contribution in [2.45, 2.75) is 26.7 Å². The summed E-state index contributed by atoms with van der Waals surface area (Å²) in [5.41, 5.74) is 0. The van der Waals surface area contributed by atoms with Crippen LogP contribution >= 0.6 is 22.7 Å². The maximum Gasteiger partial charge on any atom is 0.159 e.